The summed E-state index contributed by atoms with van der Waals surface area (Å²) in [5.41, 5.74) is 1.43. The highest BCUT2D eigenvalue weighted by Gasteiger charge is 2.46. The number of carbonyl (C=O) groups is 1. The second-order valence-electron chi connectivity index (χ2n) is 6.92. The number of piperidine rings is 1. The fourth-order valence-electron chi connectivity index (χ4n) is 3.99. The van der Waals surface area contributed by atoms with Gasteiger partial charge in [-0.25, -0.2) is 4.98 Å². The van der Waals surface area contributed by atoms with Crippen LogP contribution in [-0.2, 0) is 4.79 Å². The normalized spacial score (nSPS) is 21.8. The number of nitrogens with zero attached hydrogens (tertiary/aromatic N) is 3. The molecule has 1 N–H and O–H groups in total. The summed E-state index contributed by atoms with van der Waals surface area (Å²) in [6, 6.07) is 17.7. The first-order chi connectivity index (χ1) is 12.2. The van der Waals surface area contributed by atoms with Crippen molar-refractivity contribution in [3.8, 4) is 6.07 Å². The molecule has 3 heterocycles. The van der Waals surface area contributed by atoms with Crippen LogP contribution in [0, 0.1) is 11.3 Å². The van der Waals surface area contributed by atoms with E-state index in [2.05, 4.69) is 21.3 Å². The van der Waals surface area contributed by atoms with E-state index in [1.54, 1.807) is 6.07 Å². The third-order valence-corrected chi connectivity index (χ3v) is 5.40. The van der Waals surface area contributed by atoms with Crippen LogP contribution in [0.15, 0.2) is 48.5 Å². The van der Waals surface area contributed by atoms with Crippen LogP contribution in [0.25, 0.3) is 0 Å². The number of aromatic nitrogens is 1. The van der Waals surface area contributed by atoms with Gasteiger partial charge in [0.2, 0.25) is 5.91 Å². The molecule has 5 nitrogen and oxygen atoms in total. The summed E-state index contributed by atoms with van der Waals surface area (Å²) >= 11 is 0. The van der Waals surface area contributed by atoms with E-state index in [4.69, 9.17) is 5.26 Å². The van der Waals surface area contributed by atoms with Crippen LogP contribution < -0.4 is 10.2 Å². The summed E-state index contributed by atoms with van der Waals surface area (Å²) in [7, 11) is 0. The molecule has 2 fully saturated rings. The van der Waals surface area contributed by atoms with Crippen molar-refractivity contribution in [1.29, 1.82) is 5.26 Å². The fourth-order valence-corrected chi connectivity index (χ4v) is 3.99. The molecule has 1 aromatic carbocycles. The maximum atomic E-state index is 12.5. The van der Waals surface area contributed by atoms with Crippen LogP contribution in [0.4, 0.5) is 5.82 Å². The Bertz CT molecular complexity index is 819. The summed E-state index contributed by atoms with van der Waals surface area (Å²) in [6.07, 6.45) is 2.66. The summed E-state index contributed by atoms with van der Waals surface area (Å²) < 4.78 is 0. The lowest BCUT2D eigenvalue weighted by Crippen LogP contribution is -2.51. The standard InChI is InChI=1S/C20H20N4O/c21-14-16-7-4-8-18(22-16)24-11-9-20(10-12-24)13-17(19(25)23-20)15-5-2-1-3-6-15/h1-8,17H,9-13H2,(H,23,25)/t17-/m0/s1. The lowest BCUT2D eigenvalue weighted by Gasteiger charge is -2.39. The molecule has 2 saturated heterocycles. The summed E-state index contributed by atoms with van der Waals surface area (Å²) in [5.74, 6) is 0.940. The molecule has 2 aliphatic rings. The van der Waals surface area contributed by atoms with Crippen molar-refractivity contribution < 1.29 is 4.79 Å². The van der Waals surface area contributed by atoms with Crippen LogP contribution in [0.3, 0.4) is 0 Å². The van der Waals surface area contributed by atoms with Crippen molar-refractivity contribution in [2.45, 2.75) is 30.7 Å². The van der Waals surface area contributed by atoms with E-state index >= 15 is 0 Å². The van der Waals surface area contributed by atoms with Crippen molar-refractivity contribution >= 4 is 11.7 Å². The van der Waals surface area contributed by atoms with Gasteiger partial charge in [0.1, 0.15) is 17.6 Å². The highest BCUT2D eigenvalue weighted by molar-refractivity contribution is 5.87. The van der Waals surface area contributed by atoms with E-state index in [1.807, 2.05) is 42.5 Å². The average molecular weight is 332 g/mol. The Morgan fingerprint density at radius 3 is 2.60 bits per heavy atom. The molecule has 2 aromatic rings. The molecule has 1 spiro atoms. The zero-order valence-corrected chi connectivity index (χ0v) is 14.0. The number of pyridine rings is 1. The minimum absolute atomic E-state index is 0.0483. The molecule has 0 saturated carbocycles. The van der Waals surface area contributed by atoms with Gasteiger partial charge in [-0.2, -0.15) is 5.26 Å². The first-order valence-electron chi connectivity index (χ1n) is 8.68. The molecule has 1 aromatic heterocycles. The van der Waals surface area contributed by atoms with Gasteiger partial charge in [0.15, 0.2) is 0 Å². The Morgan fingerprint density at radius 2 is 1.88 bits per heavy atom. The number of benzene rings is 1. The Hall–Kier alpha value is -2.87. The van der Waals surface area contributed by atoms with Gasteiger partial charge in [0.05, 0.1) is 5.92 Å². The lowest BCUT2D eigenvalue weighted by atomic mass is 9.82. The van der Waals surface area contributed by atoms with Gasteiger partial charge in [0, 0.05) is 18.6 Å². The number of carbonyl (C=O) groups excluding carboxylic acids is 1. The number of hydrogen-bond acceptors (Lipinski definition) is 4. The topological polar surface area (TPSA) is 69.0 Å². The second-order valence-corrected chi connectivity index (χ2v) is 6.92. The van der Waals surface area contributed by atoms with Gasteiger partial charge in [0.25, 0.3) is 0 Å². The summed E-state index contributed by atoms with van der Waals surface area (Å²) in [6.45, 7) is 1.67. The Balaban J connectivity index is 1.46. The van der Waals surface area contributed by atoms with Crippen LogP contribution in [0.5, 0.6) is 0 Å². The molecule has 25 heavy (non-hydrogen) atoms. The van der Waals surface area contributed by atoms with Crippen LogP contribution in [0.1, 0.15) is 36.4 Å². The van der Waals surface area contributed by atoms with E-state index in [9.17, 15) is 4.79 Å². The molecule has 0 unspecified atom stereocenters. The van der Waals surface area contributed by atoms with E-state index in [0.29, 0.717) is 5.69 Å². The smallest absolute Gasteiger partial charge is 0.228 e. The number of amides is 1. The van der Waals surface area contributed by atoms with Crippen molar-refractivity contribution in [2.24, 2.45) is 0 Å². The Kier molecular flexibility index (Phi) is 3.89. The molecule has 5 heteroatoms. The first-order valence-corrected chi connectivity index (χ1v) is 8.68. The molecule has 0 bridgehead atoms. The fraction of sp³-hybridized carbons (Fsp3) is 0.350. The third-order valence-electron chi connectivity index (χ3n) is 5.40. The lowest BCUT2D eigenvalue weighted by molar-refractivity contribution is -0.121. The molecular formula is C20H20N4O. The molecule has 2 aliphatic heterocycles. The highest BCUT2D eigenvalue weighted by atomic mass is 16.2. The Labute approximate surface area is 147 Å². The average Bonchev–Trinajstić information content (AvgIpc) is 2.99. The molecule has 1 amide bonds. The largest absolute Gasteiger partial charge is 0.356 e. The number of nitrogens with one attached hydrogen (secondary N) is 1. The van der Waals surface area contributed by atoms with Crippen LogP contribution in [-0.4, -0.2) is 29.5 Å². The number of anilines is 1. The molecule has 0 aliphatic carbocycles. The van der Waals surface area contributed by atoms with Gasteiger partial charge in [-0.1, -0.05) is 36.4 Å². The zero-order valence-electron chi connectivity index (χ0n) is 14.0. The van der Waals surface area contributed by atoms with Gasteiger partial charge in [-0.05, 0) is 37.0 Å². The van der Waals surface area contributed by atoms with Crippen LogP contribution >= 0.6 is 0 Å². The van der Waals surface area contributed by atoms with E-state index in [-0.39, 0.29) is 17.4 Å². The molecule has 0 radical (unpaired) electrons. The summed E-state index contributed by atoms with van der Waals surface area (Å²) in [5, 5.41) is 12.3. The molecule has 4 rings (SSSR count). The van der Waals surface area contributed by atoms with Gasteiger partial charge in [-0.3, -0.25) is 4.79 Å². The number of rotatable bonds is 2. The maximum Gasteiger partial charge on any atom is 0.228 e. The highest BCUT2D eigenvalue weighted by Crippen LogP contribution is 2.39. The van der Waals surface area contributed by atoms with Crippen LogP contribution in [0.2, 0.25) is 0 Å². The molecular weight excluding hydrogens is 312 g/mol. The SMILES string of the molecule is N#Cc1cccc(N2CCC3(CC2)C[C@@H](c2ccccc2)C(=O)N3)n1. The molecule has 126 valence electrons. The zero-order chi connectivity index (χ0) is 17.3. The monoisotopic (exact) mass is 332 g/mol. The predicted octanol–water partition coefficient (Wildman–Crippen LogP) is 2.60. The quantitative estimate of drug-likeness (QED) is 0.918. The van der Waals surface area contributed by atoms with Crippen molar-refractivity contribution in [1.82, 2.24) is 10.3 Å². The Morgan fingerprint density at radius 1 is 1.12 bits per heavy atom. The minimum Gasteiger partial charge on any atom is -0.356 e. The predicted molar refractivity (Wildman–Crippen MR) is 95.1 cm³/mol. The number of nitriles is 1. The van der Waals surface area contributed by atoms with E-state index in [1.165, 1.54) is 0 Å². The second kappa shape index (κ2) is 6.21. The van der Waals surface area contributed by atoms with Crippen molar-refractivity contribution in [3.63, 3.8) is 0 Å². The third kappa shape index (κ3) is 2.96. The van der Waals surface area contributed by atoms with Crippen molar-refractivity contribution in [2.75, 3.05) is 18.0 Å². The number of hydrogen-bond donors (Lipinski definition) is 1. The maximum absolute atomic E-state index is 12.5. The van der Waals surface area contributed by atoms with E-state index < -0.39 is 0 Å². The van der Waals surface area contributed by atoms with Crippen molar-refractivity contribution in [3.05, 3.63) is 59.8 Å². The summed E-state index contributed by atoms with van der Waals surface area (Å²) in [4.78, 5) is 19.1. The first kappa shape index (κ1) is 15.6. The van der Waals surface area contributed by atoms with Gasteiger partial charge >= 0.3 is 0 Å². The molecule has 1 atom stereocenters. The minimum atomic E-state index is -0.110. The van der Waals surface area contributed by atoms with E-state index in [0.717, 1.165) is 43.7 Å². The van der Waals surface area contributed by atoms with Gasteiger partial charge < -0.3 is 10.2 Å². The van der Waals surface area contributed by atoms with Gasteiger partial charge in [-0.15, -0.1) is 0 Å².